The Hall–Kier alpha value is -2.02. The van der Waals surface area contributed by atoms with Gasteiger partial charge in [0.05, 0.1) is 12.1 Å². The first-order valence-corrected chi connectivity index (χ1v) is 9.91. The van der Waals surface area contributed by atoms with Crippen molar-refractivity contribution in [3.05, 3.63) is 34.9 Å². The molecular weight excluding hydrogens is 366 g/mol. The minimum atomic E-state index is -1.33. The third-order valence-electron chi connectivity index (χ3n) is 6.81. The molecule has 0 bridgehead atoms. The lowest BCUT2D eigenvalue weighted by Gasteiger charge is -2.41. The lowest BCUT2D eigenvalue weighted by molar-refractivity contribution is -0.125. The maximum Gasteiger partial charge on any atom is 0.254 e. The summed E-state index contributed by atoms with van der Waals surface area (Å²) >= 11 is 0. The van der Waals surface area contributed by atoms with Crippen molar-refractivity contribution in [2.75, 3.05) is 13.1 Å². The van der Waals surface area contributed by atoms with Gasteiger partial charge in [0, 0.05) is 23.6 Å². The molecule has 0 saturated heterocycles. The van der Waals surface area contributed by atoms with E-state index in [4.69, 9.17) is 0 Å². The number of fused-ring (bicyclic) bond motifs is 2. The van der Waals surface area contributed by atoms with Gasteiger partial charge < -0.3 is 15.3 Å². The molecule has 1 heterocycles. The average Bonchev–Trinajstić information content (AvgIpc) is 3.49. The molecule has 3 aliphatic carbocycles. The Morgan fingerprint density at radius 3 is 2.57 bits per heavy atom. The second-order valence-electron chi connectivity index (χ2n) is 9.38. The van der Waals surface area contributed by atoms with Gasteiger partial charge in [0.2, 0.25) is 5.91 Å². The quantitative estimate of drug-likeness (QED) is 0.827. The van der Waals surface area contributed by atoms with Gasteiger partial charge in [0.25, 0.3) is 5.91 Å². The van der Waals surface area contributed by atoms with Crippen LogP contribution in [0, 0.1) is 0 Å². The lowest BCUT2D eigenvalue weighted by Crippen LogP contribution is -2.56. The van der Waals surface area contributed by atoms with Crippen LogP contribution in [0.2, 0.25) is 0 Å². The zero-order chi connectivity index (χ0) is 19.9. The number of hydrogen-bond acceptors (Lipinski definition) is 3. The van der Waals surface area contributed by atoms with Gasteiger partial charge in [-0.3, -0.25) is 9.59 Å². The van der Waals surface area contributed by atoms with Gasteiger partial charge in [-0.25, -0.2) is 8.78 Å². The van der Waals surface area contributed by atoms with Gasteiger partial charge in [0.15, 0.2) is 0 Å². The predicted molar refractivity (Wildman–Crippen MR) is 97.3 cm³/mol. The number of halogens is 2. The Kier molecular flexibility index (Phi) is 3.56. The summed E-state index contributed by atoms with van der Waals surface area (Å²) < 4.78 is 28.9. The zero-order valence-electron chi connectivity index (χ0n) is 15.8. The van der Waals surface area contributed by atoms with Gasteiger partial charge in [-0.05, 0) is 56.2 Å². The minimum Gasteiger partial charge on any atom is -0.390 e. The van der Waals surface area contributed by atoms with Crippen molar-refractivity contribution in [1.82, 2.24) is 10.2 Å². The number of carbonyl (C=O) groups is 2. The van der Waals surface area contributed by atoms with E-state index in [0.717, 1.165) is 0 Å². The number of carbonyl (C=O) groups excluding carboxylic acids is 2. The first kappa shape index (κ1) is 18.0. The van der Waals surface area contributed by atoms with E-state index in [1.165, 1.54) is 4.90 Å². The molecule has 150 valence electrons. The van der Waals surface area contributed by atoms with Crippen molar-refractivity contribution in [2.45, 2.75) is 67.9 Å². The highest BCUT2D eigenvalue weighted by Gasteiger charge is 2.61. The van der Waals surface area contributed by atoms with E-state index in [0.29, 0.717) is 48.8 Å². The van der Waals surface area contributed by atoms with Crippen LogP contribution in [-0.2, 0) is 15.9 Å². The number of nitrogens with zero attached hydrogens (tertiary/aromatic N) is 1. The molecular formula is C21H24F2N2O3. The highest BCUT2D eigenvalue weighted by Crippen LogP contribution is 2.57. The van der Waals surface area contributed by atoms with E-state index in [-0.39, 0.29) is 30.9 Å². The third-order valence-corrected chi connectivity index (χ3v) is 6.81. The SMILES string of the molecule is C[C@]1(O)C[C@H](NC(=O)CN2C[C@]3(C[C@@H]3F)c3cc(C4(F)CC4)ccc3C2=O)C1. The molecule has 2 atom stereocenters. The van der Waals surface area contributed by atoms with Crippen molar-refractivity contribution < 1.29 is 23.5 Å². The number of alkyl halides is 2. The van der Waals surface area contributed by atoms with Gasteiger partial charge in [-0.1, -0.05) is 12.1 Å². The minimum absolute atomic E-state index is 0.0969. The molecule has 2 amide bonds. The van der Waals surface area contributed by atoms with Crippen LogP contribution in [0.4, 0.5) is 8.78 Å². The largest absolute Gasteiger partial charge is 0.390 e. The molecule has 3 saturated carbocycles. The summed E-state index contributed by atoms with van der Waals surface area (Å²) in [6.45, 7) is 1.72. The molecule has 28 heavy (non-hydrogen) atoms. The first-order chi connectivity index (χ1) is 13.1. The molecule has 3 fully saturated rings. The van der Waals surface area contributed by atoms with Gasteiger partial charge in [-0.2, -0.15) is 0 Å². The van der Waals surface area contributed by atoms with E-state index >= 15 is 0 Å². The summed E-state index contributed by atoms with van der Waals surface area (Å²) in [6.07, 6.45) is 1.11. The number of hydrogen-bond donors (Lipinski definition) is 2. The predicted octanol–water partition coefficient (Wildman–Crippen LogP) is 2.11. The Labute approximate surface area is 162 Å². The summed E-state index contributed by atoms with van der Waals surface area (Å²) in [4.78, 5) is 26.7. The maximum atomic E-state index is 14.5. The van der Waals surface area contributed by atoms with Crippen LogP contribution in [0.3, 0.4) is 0 Å². The van der Waals surface area contributed by atoms with Crippen molar-refractivity contribution >= 4 is 11.8 Å². The van der Waals surface area contributed by atoms with Crippen LogP contribution in [0.1, 0.15) is 60.5 Å². The highest BCUT2D eigenvalue weighted by atomic mass is 19.1. The molecule has 0 radical (unpaired) electrons. The Bertz CT molecular complexity index is 874. The van der Waals surface area contributed by atoms with E-state index in [1.807, 2.05) is 0 Å². The van der Waals surface area contributed by atoms with Crippen molar-refractivity contribution in [1.29, 1.82) is 0 Å². The fourth-order valence-electron chi connectivity index (χ4n) is 4.87. The molecule has 0 aromatic heterocycles. The van der Waals surface area contributed by atoms with Crippen molar-refractivity contribution in [2.24, 2.45) is 0 Å². The Morgan fingerprint density at radius 1 is 1.32 bits per heavy atom. The number of benzene rings is 1. The number of amides is 2. The normalized spacial score (nSPS) is 37.3. The second kappa shape index (κ2) is 5.53. The third kappa shape index (κ3) is 2.74. The molecule has 1 spiro atoms. The molecule has 0 unspecified atom stereocenters. The van der Waals surface area contributed by atoms with Crippen molar-refractivity contribution in [3.63, 3.8) is 0 Å². The maximum absolute atomic E-state index is 14.5. The standard InChI is InChI=1S/C21H24F2N2O3/c1-19(28)7-13(8-19)24-17(26)10-25-11-20(9-16(20)22)15-6-12(21(23)4-5-21)2-3-14(15)18(25)27/h2-3,6,13,16,28H,4-5,7-11H2,1H3,(H,24,26)/t13-,16-,19-,20+/m0/s1. The van der Waals surface area contributed by atoms with Crippen LogP contribution < -0.4 is 5.32 Å². The van der Waals surface area contributed by atoms with E-state index in [2.05, 4.69) is 5.32 Å². The van der Waals surface area contributed by atoms with E-state index in [1.54, 1.807) is 25.1 Å². The summed E-state index contributed by atoms with van der Waals surface area (Å²) in [5, 5.41) is 12.6. The van der Waals surface area contributed by atoms with E-state index < -0.39 is 22.9 Å². The summed E-state index contributed by atoms with van der Waals surface area (Å²) in [5.74, 6) is -0.619. The second-order valence-corrected chi connectivity index (χ2v) is 9.38. The highest BCUT2D eigenvalue weighted by molar-refractivity contribution is 6.00. The average molecular weight is 390 g/mol. The Balaban J connectivity index is 1.35. The molecule has 5 nitrogen and oxygen atoms in total. The van der Waals surface area contributed by atoms with Crippen LogP contribution >= 0.6 is 0 Å². The number of aliphatic hydroxyl groups is 1. The fourth-order valence-corrected chi connectivity index (χ4v) is 4.87. The molecule has 1 aromatic carbocycles. The van der Waals surface area contributed by atoms with Gasteiger partial charge in [0.1, 0.15) is 11.8 Å². The Morgan fingerprint density at radius 2 is 2.00 bits per heavy atom. The summed E-state index contributed by atoms with van der Waals surface area (Å²) in [7, 11) is 0. The number of nitrogens with one attached hydrogen (secondary N) is 1. The summed E-state index contributed by atoms with van der Waals surface area (Å²) in [6, 6.07) is 4.79. The molecule has 1 aromatic rings. The molecule has 1 aliphatic heterocycles. The monoisotopic (exact) mass is 390 g/mol. The van der Waals surface area contributed by atoms with Crippen molar-refractivity contribution in [3.8, 4) is 0 Å². The molecule has 5 rings (SSSR count). The topological polar surface area (TPSA) is 69.6 Å². The molecule has 7 heteroatoms. The fraction of sp³-hybridized carbons (Fsp3) is 0.619. The first-order valence-electron chi connectivity index (χ1n) is 9.91. The van der Waals surface area contributed by atoms with Gasteiger partial charge in [-0.15, -0.1) is 0 Å². The summed E-state index contributed by atoms with van der Waals surface area (Å²) in [5.41, 5.74) is -1.39. The van der Waals surface area contributed by atoms with Gasteiger partial charge >= 0.3 is 0 Å². The van der Waals surface area contributed by atoms with Crippen LogP contribution in [-0.4, -0.2) is 52.7 Å². The molecule has 2 N–H and O–H groups in total. The van der Waals surface area contributed by atoms with E-state index in [9.17, 15) is 23.5 Å². The molecule has 4 aliphatic rings. The zero-order valence-corrected chi connectivity index (χ0v) is 15.8. The lowest BCUT2D eigenvalue weighted by atomic mass is 9.77. The van der Waals surface area contributed by atoms with Crippen LogP contribution in [0.25, 0.3) is 0 Å². The van der Waals surface area contributed by atoms with Crippen LogP contribution in [0.15, 0.2) is 18.2 Å². The smallest absolute Gasteiger partial charge is 0.254 e. The van der Waals surface area contributed by atoms with Crippen LogP contribution in [0.5, 0.6) is 0 Å². The number of rotatable bonds is 4.